The molecule has 3 rings (SSSR count). The molecule has 3 aliphatic heterocycles. The molecule has 1 N–H and O–H groups in total. The van der Waals surface area contributed by atoms with E-state index in [4.69, 9.17) is 9.84 Å². The first-order valence-electron chi connectivity index (χ1n) is 5.22. The molecule has 2 bridgehead atoms. The van der Waals surface area contributed by atoms with Crippen molar-refractivity contribution in [2.75, 3.05) is 32.8 Å². The number of carboxylic acids is 1. The number of nitrogens with zero attached hydrogens (tertiary/aromatic N) is 1. The molecule has 0 radical (unpaired) electrons. The molecule has 0 unspecified atom stereocenters. The number of aliphatic carboxylic acids is 1. The average Bonchev–Trinajstić information content (AvgIpc) is 2.19. The Labute approximate surface area is 83.8 Å². The van der Waals surface area contributed by atoms with Crippen LogP contribution < -0.4 is 0 Å². The van der Waals surface area contributed by atoms with Crippen LogP contribution in [0.4, 0.5) is 0 Å². The minimum atomic E-state index is -0.866. The lowest BCUT2D eigenvalue weighted by Gasteiger charge is -2.48. The third-order valence-electron chi connectivity index (χ3n) is 3.51. The highest BCUT2D eigenvalue weighted by molar-refractivity contribution is 5.67. The van der Waals surface area contributed by atoms with Gasteiger partial charge in [-0.3, -0.25) is 0 Å². The maximum Gasteiger partial charge on any atom is 0.329 e. The quantitative estimate of drug-likeness (QED) is 0.719. The molecular formula is C10H17NO3. The van der Waals surface area contributed by atoms with Crippen LogP contribution in [-0.2, 0) is 9.53 Å². The molecule has 14 heavy (non-hydrogen) atoms. The van der Waals surface area contributed by atoms with Crippen LogP contribution in [0.3, 0.4) is 0 Å². The van der Waals surface area contributed by atoms with E-state index in [-0.39, 0.29) is 6.61 Å². The molecule has 0 aromatic rings. The Balaban J connectivity index is 1.80. The lowest BCUT2D eigenvalue weighted by Crippen LogP contribution is -2.50. The van der Waals surface area contributed by atoms with Crippen LogP contribution in [0.5, 0.6) is 0 Å². The Morgan fingerprint density at radius 3 is 2.36 bits per heavy atom. The highest BCUT2D eigenvalue weighted by Gasteiger charge is 2.39. The molecule has 0 aromatic heterocycles. The molecule has 0 saturated carbocycles. The lowest BCUT2D eigenvalue weighted by atomic mass is 9.73. The first kappa shape index (κ1) is 9.93. The molecule has 0 atom stereocenters. The second kappa shape index (κ2) is 3.87. The van der Waals surface area contributed by atoms with E-state index < -0.39 is 5.97 Å². The van der Waals surface area contributed by atoms with Gasteiger partial charge in [0.1, 0.15) is 6.61 Å². The summed E-state index contributed by atoms with van der Waals surface area (Å²) in [5, 5.41) is 8.48. The first-order chi connectivity index (χ1) is 6.70. The SMILES string of the molecule is O=C(O)COCC12CCN(CC1)CC2. The minimum Gasteiger partial charge on any atom is -0.480 e. The Morgan fingerprint density at radius 2 is 1.86 bits per heavy atom. The number of hydrogen-bond donors (Lipinski definition) is 1. The number of hydrogen-bond acceptors (Lipinski definition) is 3. The van der Waals surface area contributed by atoms with E-state index in [0.29, 0.717) is 12.0 Å². The summed E-state index contributed by atoms with van der Waals surface area (Å²) < 4.78 is 5.24. The van der Waals surface area contributed by atoms with Gasteiger partial charge in [-0.05, 0) is 44.3 Å². The van der Waals surface area contributed by atoms with Crippen molar-refractivity contribution in [2.24, 2.45) is 5.41 Å². The molecule has 0 spiro atoms. The number of ether oxygens (including phenoxy) is 1. The van der Waals surface area contributed by atoms with Crippen molar-refractivity contribution in [1.29, 1.82) is 0 Å². The lowest BCUT2D eigenvalue weighted by molar-refractivity contribution is -0.144. The summed E-state index contributed by atoms with van der Waals surface area (Å²) in [6, 6.07) is 0. The molecule has 3 saturated heterocycles. The van der Waals surface area contributed by atoms with Crippen LogP contribution in [-0.4, -0.2) is 48.8 Å². The fourth-order valence-corrected chi connectivity index (χ4v) is 2.47. The third kappa shape index (κ3) is 2.07. The Hall–Kier alpha value is -0.610. The molecule has 80 valence electrons. The van der Waals surface area contributed by atoms with Crippen molar-refractivity contribution in [3.05, 3.63) is 0 Å². The summed E-state index contributed by atoms with van der Waals surface area (Å²) in [6.45, 7) is 3.97. The summed E-state index contributed by atoms with van der Waals surface area (Å²) in [5.74, 6) is -0.866. The van der Waals surface area contributed by atoms with E-state index in [0.717, 1.165) is 19.6 Å². The van der Waals surface area contributed by atoms with Gasteiger partial charge in [-0.15, -0.1) is 0 Å². The zero-order valence-electron chi connectivity index (χ0n) is 8.37. The van der Waals surface area contributed by atoms with E-state index in [1.807, 2.05) is 0 Å². The van der Waals surface area contributed by atoms with Crippen molar-refractivity contribution in [3.63, 3.8) is 0 Å². The van der Waals surface area contributed by atoms with Crippen LogP contribution >= 0.6 is 0 Å². The predicted molar refractivity (Wildman–Crippen MR) is 51.2 cm³/mol. The normalized spacial score (nSPS) is 35.9. The van der Waals surface area contributed by atoms with Gasteiger partial charge in [0.15, 0.2) is 0 Å². The summed E-state index contributed by atoms with van der Waals surface area (Å²) in [4.78, 5) is 12.8. The van der Waals surface area contributed by atoms with E-state index >= 15 is 0 Å². The molecule has 0 aromatic carbocycles. The van der Waals surface area contributed by atoms with Crippen LogP contribution in [0, 0.1) is 5.41 Å². The van der Waals surface area contributed by atoms with Gasteiger partial charge in [0.2, 0.25) is 0 Å². The number of fused-ring (bicyclic) bond motifs is 3. The molecule has 4 heteroatoms. The molecule has 3 heterocycles. The van der Waals surface area contributed by atoms with Crippen molar-refractivity contribution in [3.8, 4) is 0 Å². The van der Waals surface area contributed by atoms with Gasteiger partial charge in [0.25, 0.3) is 0 Å². The van der Waals surface area contributed by atoms with Gasteiger partial charge in [0.05, 0.1) is 6.61 Å². The standard InChI is InChI=1S/C10H17NO3/c12-9(13)7-14-8-10-1-4-11(5-2-10)6-3-10/h1-8H2,(H,12,13). The van der Waals surface area contributed by atoms with Crippen molar-refractivity contribution >= 4 is 5.97 Å². The topological polar surface area (TPSA) is 49.8 Å². The number of carbonyl (C=O) groups is 1. The molecule has 4 nitrogen and oxygen atoms in total. The van der Waals surface area contributed by atoms with Crippen LogP contribution in [0.2, 0.25) is 0 Å². The molecule has 0 aliphatic carbocycles. The minimum absolute atomic E-state index is 0.147. The second-order valence-corrected chi connectivity index (χ2v) is 4.48. The highest BCUT2D eigenvalue weighted by Crippen LogP contribution is 2.39. The van der Waals surface area contributed by atoms with Crippen LogP contribution in [0.15, 0.2) is 0 Å². The zero-order valence-corrected chi connectivity index (χ0v) is 8.37. The second-order valence-electron chi connectivity index (χ2n) is 4.48. The van der Waals surface area contributed by atoms with Crippen molar-refractivity contribution in [2.45, 2.75) is 19.3 Å². The van der Waals surface area contributed by atoms with Crippen molar-refractivity contribution < 1.29 is 14.6 Å². The molecule has 3 fully saturated rings. The van der Waals surface area contributed by atoms with Gasteiger partial charge in [-0.1, -0.05) is 0 Å². The Morgan fingerprint density at radius 1 is 1.29 bits per heavy atom. The van der Waals surface area contributed by atoms with Gasteiger partial charge in [-0.25, -0.2) is 4.79 Å². The molecular weight excluding hydrogens is 182 g/mol. The van der Waals surface area contributed by atoms with Crippen molar-refractivity contribution in [1.82, 2.24) is 4.90 Å². The fraction of sp³-hybridized carbons (Fsp3) is 0.900. The van der Waals surface area contributed by atoms with Crippen LogP contribution in [0.1, 0.15) is 19.3 Å². The highest BCUT2D eigenvalue weighted by atomic mass is 16.5. The summed E-state index contributed by atoms with van der Waals surface area (Å²) in [5.41, 5.74) is 0.296. The predicted octanol–water partition coefficient (Wildman–Crippen LogP) is 0.574. The summed E-state index contributed by atoms with van der Waals surface area (Å²) in [7, 11) is 0. The third-order valence-corrected chi connectivity index (χ3v) is 3.51. The van der Waals surface area contributed by atoms with E-state index in [1.165, 1.54) is 19.3 Å². The maximum absolute atomic E-state index is 10.3. The van der Waals surface area contributed by atoms with Gasteiger partial charge >= 0.3 is 5.97 Å². The largest absolute Gasteiger partial charge is 0.480 e. The summed E-state index contributed by atoms with van der Waals surface area (Å²) in [6.07, 6.45) is 3.52. The van der Waals surface area contributed by atoms with E-state index in [9.17, 15) is 4.79 Å². The van der Waals surface area contributed by atoms with Gasteiger partial charge < -0.3 is 14.7 Å². The van der Waals surface area contributed by atoms with E-state index in [2.05, 4.69) is 4.90 Å². The number of carboxylic acid groups (broad SMARTS) is 1. The summed E-state index contributed by atoms with van der Waals surface area (Å²) >= 11 is 0. The number of piperidine rings is 3. The van der Waals surface area contributed by atoms with Gasteiger partial charge in [-0.2, -0.15) is 0 Å². The van der Waals surface area contributed by atoms with Gasteiger partial charge in [0, 0.05) is 0 Å². The Kier molecular flexibility index (Phi) is 2.74. The Bertz CT molecular complexity index is 208. The van der Waals surface area contributed by atoms with Crippen LogP contribution in [0.25, 0.3) is 0 Å². The molecule has 0 amide bonds. The zero-order chi connectivity index (χ0) is 10.0. The molecule has 3 aliphatic rings. The number of rotatable bonds is 4. The average molecular weight is 199 g/mol. The monoisotopic (exact) mass is 199 g/mol. The van der Waals surface area contributed by atoms with E-state index in [1.54, 1.807) is 0 Å². The first-order valence-corrected chi connectivity index (χ1v) is 5.22. The smallest absolute Gasteiger partial charge is 0.329 e. The fourth-order valence-electron chi connectivity index (χ4n) is 2.47. The maximum atomic E-state index is 10.3.